The molecule has 1 aliphatic heterocycles. The van der Waals surface area contributed by atoms with E-state index in [-0.39, 0.29) is 23.7 Å². The molecule has 23 heavy (non-hydrogen) atoms. The summed E-state index contributed by atoms with van der Waals surface area (Å²) < 4.78 is 0. The van der Waals surface area contributed by atoms with Gasteiger partial charge in [-0.05, 0) is 37.5 Å². The first-order valence-electron chi connectivity index (χ1n) is 7.72. The number of carbonyl (C=O) groups excluding carboxylic acids is 1. The zero-order valence-electron chi connectivity index (χ0n) is 13.3. The van der Waals surface area contributed by atoms with Gasteiger partial charge in [-0.2, -0.15) is 0 Å². The van der Waals surface area contributed by atoms with Crippen molar-refractivity contribution >= 4 is 11.6 Å². The van der Waals surface area contributed by atoms with Crippen LogP contribution in [0.15, 0.2) is 42.5 Å². The molecule has 1 amide bonds. The highest BCUT2D eigenvalue weighted by Crippen LogP contribution is 2.29. The number of aromatic hydroxyl groups is 1. The Morgan fingerprint density at radius 3 is 2.48 bits per heavy atom. The Morgan fingerprint density at radius 2 is 1.78 bits per heavy atom. The minimum Gasteiger partial charge on any atom is -0.508 e. The Morgan fingerprint density at radius 1 is 1.09 bits per heavy atom. The second-order valence-electron chi connectivity index (χ2n) is 5.94. The lowest BCUT2D eigenvalue weighted by Gasteiger charge is -2.14. The van der Waals surface area contributed by atoms with Gasteiger partial charge in [0.15, 0.2) is 0 Å². The molecule has 0 spiro atoms. The van der Waals surface area contributed by atoms with E-state index >= 15 is 0 Å². The number of carbonyl (C=O) groups is 1. The summed E-state index contributed by atoms with van der Waals surface area (Å²) in [6.07, 6.45) is 0.578. The largest absolute Gasteiger partial charge is 0.508 e. The van der Waals surface area contributed by atoms with Crippen molar-refractivity contribution in [2.75, 3.05) is 5.32 Å². The molecule has 0 radical (unpaired) electrons. The number of phenolic OH excluding ortho intramolecular Hbond substituents is 1. The van der Waals surface area contributed by atoms with E-state index in [0.29, 0.717) is 6.42 Å². The molecule has 0 saturated carbocycles. The van der Waals surface area contributed by atoms with E-state index in [0.717, 1.165) is 22.4 Å². The van der Waals surface area contributed by atoms with E-state index in [1.807, 2.05) is 44.2 Å². The summed E-state index contributed by atoms with van der Waals surface area (Å²) in [5.41, 5.74) is 9.85. The quantitative estimate of drug-likeness (QED) is 0.703. The molecule has 2 aromatic carbocycles. The first-order chi connectivity index (χ1) is 11.1. The molecule has 2 unspecified atom stereocenters. The minimum absolute atomic E-state index is 0.0761. The van der Waals surface area contributed by atoms with Crippen molar-refractivity contribution in [1.29, 1.82) is 0 Å². The van der Waals surface area contributed by atoms with Gasteiger partial charge in [-0.3, -0.25) is 4.79 Å². The third-order valence-electron chi connectivity index (χ3n) is 4.26. The summed E-state index contributed by atoms with van der Waals surface area (Å²) in [5, 5.41) is 12.9. The molecular weight excluding hydrogens is 290 g/mol. The van der Waals surface area contributed by atoms with Crippen molar-refractivity contribution in [2.45, 2.75) is 32.4 Å². The summed E-state index contributed by atoms with van der Waals surface area (Å²) >= 11 is 0. The molecule has 0 aliphatic carbocycles. The Kier molecular flexibility index (Phi) is 4.32. The van der Waals surface area contributed by atoms with Crippen molar-refractivity contribution in [3.8, 4) is 5.75 Å². The number of rotatable bonds is 3. The Hall–Kier alpha value is -2.37. The lowest BCUT2D eigenvalue weighted by Crippen LogP contribution is -2.39. The molecule has 1 heterocycles. The maximum Gasteiger partial charge on any atom is 0.242 e. The van der Waals surface area contributed by atoms with Crippen molar-refractivity contribution < 1.29 is 9.90 Å². The molecule has 0 aromatic heterocycles. The molecule has 4 N–H and O–H groups in total. The standard InChI is InChI=1S/C18H21N3O2/c1-11-6-5-7-12(2)17(11)19-18(23)15-10-14(20-21-15)13-8-3-4-9-16(13)22/h3-9,14-15,20-22H,10H2,1-2H3,(H,19,23). The van der Waals surface area contributed by atoms with Crippen LogP contribution in [0.1, 0.15) is 29.2 Å². The number of para-hydroxylation sites is 2. The van der Waals surface area contributed by atoms with Gasteiger partial charge in [0.1, 0.15) is 11.8 Å². The van der Waals surface area contributed by atoms with Gasteiger partial charge in [0.25, 0.3) is 0 Å². The predicted molar refractivity (Wildman–Crippen MR) is 90.1 cm³/mol. The van der Waals surface area contributed by atoms with E-state index in [2.05, 4.69) is 16.2 Å². The predicted octanol–water partition coefficient (Wildman–Crippen LogP) is 2.56. The average molecular weight is 311 g/mol. The van der Waals surface area contributed by atoms with Gasteiger partial charge >= 0.3 is 0 Å². The molecule has 1 aliphatic rings. The van der Waals surface area contributed by atoms with Crippen molar-refractivity contribution in [3.63, 3.8) is 0 Å². The Balaban J connectivity index is 1.70. The number of amides is 1. The molecule has 0 bridgehead atoms. The van der Waals surface area contributed by atoms with Crippen LogP contribution in [0.25, 0.3) is 0 Å². The molecule has 1 fully saturated rings. The molecular formula is C18H21N3O2. The van der Waals surface area contributed by atoms with Crippen LogP contribution in [0.3, 0.4) is 0 Å². The number of benzene rings is 2. The summed E-state index contributed by atoms with van der Waals surface area (Å²) in [6.45, 7) is 3.96. The van der Waals surface area contributed by atoms with Gasteiger partial charge < -0.3 is 10.4 Å². The summed E-state index contributed by atoms with van der Waals surface area (Å²) in [5.74, 6) is 0.162. The van der Waals surface area contributed by atoms with Crippen LogP contribution in [0.5, 0.6) is 5.75 Å². The minimum atomic E-state index is -0.349. The third-order valence-corrected chi connectivity index (χ3v) is 4.26. The second-order valence-corrected chi connectivity index (χ2v) is 5.94. The molecule has 2 aromatic rings. The van der Waals surface area contributed by atoms with Gasteiger partial charge in [-0.1, -0.05) is 36.4 Å². The third kappa shape index (κ3) is 3.21. The van der Waals surface area contributed by atoms with Crippen LogP contribution < -0.4 is 16.2 Å². The fraction of sp³-hybridized carbons (Fsp3) is 0.278. The number of aryl methyl sites for hydroxylation is 2. The summed E-state index contributed by atoms with van der Waals surface area (Å²) in [4.78, 5) is 12.5. The summed E-state index contributed by atoms with van der Waals surface area (Å²) in [7, 11) is 0. The maximum absolute atomic E-state index is 12.5. The first kappa shape index (κ1) is 15.5. The van der Waals surface area contributed by atoms with Crippen LogP contribution in [0.4, 0.5) is 5.69 Å². The number of nitrogens with one attached hydrogen (secondary N) is 3. The fourth-order valence-electron chi connectivity index (χ4n) is 2.94. The number of hydrogen-bond donors (Lipinski definition) is 4. The molecule has 120 valence electrons. The van der Waals surface area contributed by atoms with E-state index in [1.54, 1.807) is 12.1 Å². The highest BCUT2D eigenvalue weighted by atomic mass is 16.3. The first-order valence-corrected chi connectivity index (χ1v) is 7.72. The van der Waals surface area contributed by atoms with Crippen molar-refractivity contribution in [1.82, 2.24) is 10.9 Å². The number of hydrazine groups is 1. The van der Waals surface area contributed by atoms with E-state index in [9.17, 15) is 9.90 Å². The van der Waals surface area contributed by atoms with Crippen LogP contribution in [0, 0.1) is 13.8 Å². The van der Waals surface area contributed by atoms with Gasteiger partial charge in [-0.25, -0.2) is 10.9 Å². The van der Waals surface area contributed by atoms with E-state index < -0.39 is 0 Å². The van der Waals surface area contributed by atoms with Crippen LogP contribution >= 0.6 is 0 Å². The molecule has 1 saturated heterocycles. The van der Waals surface area contributed by atoms with Gasteiger partial charge in [0, 0.05) is 11.3 Å². The van der Waals surface area contributed by atoms with E-state index in [1.165, 1.54) is 0 Å². The van der Waals surface area contributed by atoms with Gasteiger partial charge in [-0.15, -0.1) is 0 Å². The number of hydrogen-bond acceptors (Lipinski definition) is 4. The average Bonchev–Trinajstić information content (AvgIpc) is 3.01. The molecule has 2 atom stereocenters. The highest BCUT2D eigenvalue weighted by Gasteiger charge is 2.31. The normalized spacial score (nSPS) is 20.4. The zero-order chi connectivity index (χ0) is 16.4. The topological polar surface area (TPSA) is 73.4 Å². The van der Waals surface area contributed by atoms with Crippen molar-refractivity contribution in [2.24, 2.45) is 0 Å². The molecule has 3 rings (SSSR count). The van der Waals surface area contributed by atoms with Gasteiger partial charge in [0.05, 0.1) is 6.04 Å². The van der Waals surface area contributed by atoms with Crippen LogP contribution in [0.2, 0.25) is 0 Å². The van der Waals surface area contributed by atoms with Gasteiger partial charge in [0.2, 0.25) is 5.91 Å². The maximum atomic E-state index is 12.5. The Bertz CT molecular complexity index is 710. The lowest BCUT2D eigenvalue weighted by atomic mass is 10.0. The molecule has 5 nitrogen and oxygen atoms in total. The SMILES string of the molecule is Cc1cccc(C)c1NC(=O)C1CC(c2ccccc2O)NN1. The van der Waals surface area contributed by atoms with E-state index in [4.69, 9.17) is 0 Å². The highest BCUT2D eigenvalue weighted by molar-refractivity contribution is 5.96. The smallest absolute Gasteiger partial charge is 0.242 e. The van der Waals surface area contributed by atoms with Crippen molar-refractivity contribution in [3.05, 3.63) is 59.2 Å². The second kappa shape index (κ2) is 6.40. The number of phenols is 1. The number of anilines is 1. The summed E-state index contributed by atoms with van der Waals surface area (Å²) in [6, 6.07) is 12.7. The van der Waals surface area contributed by atoms with Crippen LogP contribution in [-0.2, 0) is 4.79 Å². The lowest BCUT2D eigenvalue weighted by molar-refractivity contribution is -0.117. The zero-order valence-corrected chi connectivity index (χ0v) is 13.3. The monoisotopic (exact) mass is 311 g/mol. The van der Waals surface area contributed by atoms with Crippen LogP contribution in [-0.4, -0.2) is 17.1 Å². The fourth-order valence-corrected chi connectivity index (χ4v) is 2.94. The molecule has 5 heteroatoms. The Labute approximate surface area is 135 Å².